The van der Waals surface area contributed by atoms with Crippen LogP contribution in [0.3, 0.4) is 0 Å². The molecule has 26 heavy (non-hydrogen) atoms. The van der Waals surface area contributed by atoms with Gasteiger partial charge in [0.1, 0.15) is 11.6 Å². The number of halogens is 3. The summed E-state index contributed by atoms with van der Waals surface area (Å²) in [5, 5.41) is -0.699. The van der Waals surface area contributed by atoms with Crippen LogP contribution in [0.5, 0.6) is 0 Å². The summed E-state index contributed by atoms with van der Waals surface area (Å²) in [5.74, 6) is -0.648. The fraction of sp³-hybridized carbons (Fsp3) is 0. The monoisotopic (exact) mass is 368 g/mol. The average Bonchev–Trinajstić information content (AvgIpc) is 3.07. The third kappa shape index (κ3) is 2.97. The number of hydrogen-bond donors (Lipinski definition) is 1. The zero-order valence-electron chi connectivity index (χ0n) is 13.3. The van der Waals surface area contributed by atoms with Crippen LogP contribution in [0.15, 0.2) is 60.7 Å². The Morgan fingerprint density at radius 2 is 1.42 bits per heavy atom. The zero-order valence-corrected chi connectivity index (χ0v) is 14.0. The molecule has 0 fully saturated rings. The minimum absolute atomic E-state index is 0.0290. The van der Waals surface area contributed by atoms with E-state index in [2.05, 4.69) is 9.97 Å². The first kappa shape index (κ1) is 16.4. The first-order valence-corrected chi connectivity index (χ1v) is 8.14. The Bertz CT molecular complexity index is 1120. The van der Waals surface area contributed by atoms with E-state index in [0.717, 1.165) is 16.7 Å². The highest BCUT2D eigenvalue weighted by atomic mass is 35.5. The second-order valence-electron chi connectivity index (χ2n) is 5.79. The molecule has 0 unspecified atom stereocenters. The molecular weight excluding hydrogens is 358 g/mol. The van der Waals surface area contributed by atoms with E-state index in [0.29, 0.717) is 16.6 Å². The van der Waals surface area contributed by atoms with E-state index in [1.165, 1.54) is 24.3 Å². The van der Waals surface area contributed by atoms with E-state index < -0.39 is 5.24 Å². The van der Waals surface area contributed by atoms with Crippen molar-refractivity contribution >= 4 is 27.9 Å². The van der Waals surface area contributed by atoms with Gasteiger partial charge in [-0.15, -0.1) is 0 Å². The summed E-state index contributed by atoms with van der Waals surface area (Å²) in [5.41, 5.74) is 4.20. The molecule has 6 heteroatoms. The summed E-state index contributed by atoms with van der Waals surface area (Å²) in [4.78, 5) is 18.6. The number of imidazole rings is 1. The number of benzene rings is 3. The van der Waals surface area contributed by atoms with Gasteiger partial charge in [0.2, 0.25) is 0 Å². The molecule has 4 rings (SSSR count). The van der Waals surface area contributed by atoms with Crippen molar-refractivity contribution in [2.24, 2.45) is 0 Å². The maximum atomic E-state index is 13.3. The highest BCUT2D eigenvalue weighted by Gasteiger charge is 2.15. The Hall–Kier alpha value is -3.05. The summed E-state index contributed by atoms with van der Waals surface area (Å²) >= 11 is 5.54. The van der Waals surface area contributed by atoms with Gasteiger partial charge in [-0.05, 0) is 64.7 Å². The molecule has 1 aromatic heterocycles. The Labute approximate surface area is 152 Å². The largest absolute Gasteiger partial charge is 0.334 e. The van der Waals surface area contributed by atoms with E-state index in [4.69, 9.17) is 11.6 Å². The van der Waals surface area contributed by atoms with Crippen LogP contribution in [0.4, 0.5) is 8.78 Å². The Morgan fingerprint density at radius 3 is 2.00 bits per heavy atom. The normalized spacial score (nSPS) is 11.0. The Balaban J connectivity index is 1.98. The lowest BCUT2D eigenvalue weighted by molar-refractivity contribution is 0.107. The second-order valence-corrected chi connectivity index (χ2v) is 6.14. The lowest BCUT2D eigenvalue weighted by atomic mass is 9.97. The predicted octanol–water partition coefficient (Wildman–Crippen LogP) is 5.55. The van der Waals surface area contributed by atoms with Gasteiger partial charge in [-0.3, -0.25) is 4.79 Å². The lowest BCUT2D eigenvalue weighted by Gasteiger charge is -2.08. The molecule has 3 nitrogen and oxygen atoms in total. The Kier molecular flexibility index (Phi) is 4.01. The second kappa shape index (κ2) is 6.35. The van der Waals surface area contributed by atoms with Gasteiger partial charge in [-0.1, -0.05) is 24.3 Å². The van der Waals surface area contributed by atoms with Gasteiger partial charge in [-0.2, -0.15) is 0 Å². The number of hydrogen-bond acceptors (Lipinski definition) is 2. The van der Waals surface area contributed by atoms with Crippen molar-refractivity contribution in [1.29, 1.82) is 0 Å². The van der Waals surface area contributed by atoms with E-state index in [-0.39, 0.29) is 17.5 Å². The minimum Gasteiger partial charge on any atom is -0.334 e. The molecule has 1 heterocycles. The molecule has 0 spiro atoms. The van der Waals surface area contributed by atoms with Crippen LogP contribution in [0.1, 0.15) is 10.6 Å². The summed E-state index contributed by atoms with van der Waals surface area (Å²) in [6.07, 6.45) is 0. The van der Waals surface area contributed by atoms with E-state index in [9.17, 15) is 13.6 Å². The van der Waals surface area contributed by atoms with Crippen molar-refractivity contribution in [3.05, 3.63) is 78.1 Å². The van der Waals surface area contributed by atoms with Gasteiger partial charge in [0.25, 0.3) is 5.24 Å². The van der Waals surface area contributed by atoms with Gasteiger partial charge in [0.05, 0.1) is 11.0 Å². The van der Waals surface area contributed by atoms with Crippen LogP contribution in [0.2, 0.25) is 0 Å². The predicted molar refractivity (Wildman–Crippen MR) is 97.1 cm³/mol. The maximum absolute atomic E-state index is 13.3. The summed E-state index contributed by atoms with van der Waals surface area (Å²) in [7, 11) is 0. The third-order valence-corrected chi connectivity index (χ3v) is 4.28. The van der Waals surface area contributed by atoms with E-state index >= 15 is 0 Å². The van der Waals surface area contributed by atoms with Crippen molar-refractivity contribution in [3.63, 3.8) is 0 Å². The molecule has 0 amide bonds. The van der Waals surface area contributed by atoms with Crippen LogP contribution in [0.25, 0.3) is 33.3 Å². The molecule has 0 aliphatic heterocycles. The van der Waals surface area contributed by atoms with Crippen molar-refractivity contribution in [3.8, 4) is 22.3 Å². The maximum Gasteiger partial charge on any atom is 0.287 e. The molecule has 4 aromatic rings. The number of H-pyrrole nitrogens is 1. The summed E-state index contributed by atoms with van der Waals surface area (Å²) < 4.78 is 26.5. The topological polar surface area (TPSA) is 45.8 Å². The lowest BCUT2D eigenvalue weighted by Crippen LogP contribution is -1.90. The highest BCUT2D eigenvalue weighted by molar-refractivity contribution is 6.67. The Morgan fingerprint density at radius 1 is 0.846 bits per heavy atom. The van der Waals surface area contributed by atoms with Gasteiger partial charge in [0.15, 0.2) is 5.82 Å². The zero-order chi connectivity index (χ0) is 18.3. The van der Waals surface area contributed by atoms with Gasteiger partial charge in [-0.25, -0.2) is 13.8 Å². The molecule has 1 N–H and O–H groups in total. The van der Waals surface area contributed by atoms with Crippen LogP contribution in [-0.4, -0.2) is 15.2 Å². The van der Waals surface area contributed by atoms with Crippen molar-refractivity contribution in [2.45, 2.75) is 0 Å². The van der Waals surface area contributed by atoms with Crippen molar-refractivity contribution in [1.82, 2.24) is 9.97 Å². The molecular formula is C20H11ClF2N2O. The fourth-order valence-corrected chi connectivity index (χ4v) is 2.96. The van der Waals surface area contributed by atoms with Crippen molar-refractivity contribution < 1.29 is 13.6 Å². The number of aromatic amines is 1. The minimum atomic E-state index is -0.699. The van der Waals surface area contributed by atoms with Crippen LogP contribution >= 0.6 is 11.6 Å². The van der Waals surface area contributed by atoms with Gasteiger partial charge < -0.3 is 4.98 Å². The summed E-state index contributed by atoms with van der Waals surface area (Å²) in [6.45, 7) is 0. The van der Waals surface area contributed by atoms with Crippen LogP contribution < -0.4 is 0 Å². The highest BCUT2D eigenvalue weighted by Crippen LogP contribution is 2.33. The molecule has 0 radical (unpaired) electrons. The molecule has 0 aliphatic carbocycles. The SMILES string of the molecule is O=C(Cl)c1nc2c(-c3ccc(F)cc3)cc(-c3ccc(F)cc3)cc2[nH]1. The van der Waals surface area contributed by atoms with Gasteiger partial charge in [0, 0.05) is 5.56 Å². The quantitative estimate of drug-likeness (QED) is 0.481. The number of nitrogens with zero attached hydrogens (tertiary/aromatic N) is 1. The van der Waals surface area contributed by atoms with Gasteiger partial charge >= 0.3 is 0 Å². The van der Waals surface area contributed by atoms with E-state index in [1.54, 1.807) is 24.3 Å². The van der Waals surface area contributed by atoms with Crippen LogP contribution in [-0.2, 0) is 0 Å². The molecule has 0 aliphatic rings. The molecule has 0 saturated heterocycles. The average molecular weight is 369 g/mol. The first-order chi connectivity index (χ1) is 12.5. The molecule has 0 bridgehead atoms. The van der Waals surface area contributed by atoms with E-state index in [1.807, 2.05) is 12.1 Å². The number of carbonyl (C=O) groups is 1. The molecule has 0 saturated carbocycles. The fourth-order valence-electron chi connectivity index (χ4n) is 2.87. The third-order valence-electron chi connectivity index (χ3n) is 4.11. The number of nitrogens with one attached hydrogen (secondary N) is 1. The smallest absolute Gasteiger partial charge is 0.287 e. The van der Waals surface area contributed by atoms with Crippen molar-refractivity contribution in [2.75, 3.05) is 0 Å². The molecule has 128 valence electrons. The summed E-state index contributed by atoms with van der Waals surface area (Å²) in [6, 6.07) is 15.7. The number of aromatic nitrogens is 2. The molecule has 3 aromatic carbocycles. The van der Waals surface area contributed by atoms with Crippen LogP contribution in [0, 0.1) is 11.6 Å². The number of rotatable bonds is 3. The number of carbonyl (C=O) groups excluding carboxylic acids is 1. The standard InChI is InChI=1S/C20H11ClF2N2O/c21-19(26)20-24-17-10-13(11-1-5-14(22)6-2-11)9-16(18(17)25-20)12-3-7-15(23)8-4-12/h1-10H,(H,24,25). The first-order valence-electron chi connectivity index (χ1n) is 7.77. The number of fused-ring (bicyclic) bond motifs is 1. The molecule has 0 atom stereocenters.